The van der Waals surface area contributed by atoms with E-state index in [1.165, 1.54) is 32.1 Å². The molecule has 0 aromatic heterocycles. The van der Waals surface area contributed by atoms with Crippen molar-refractivity contribution in [2.24, 2.45) is 5.92 Å². The van der Waals surface area contributed by atoms with Crippen LogP contribution in [0.4, 0.5) is 11.4 Å². The molecule has 1 aromatic carbocycles. The van der Waals surface area contributed by atoms with Gasteiger partial charge in [0.05, 0.1) is 11.4 Å². The average molecular weight is 289 g/mol. The molecule has 4 nitrogen and oxygen atoms in total. The highest BCUT2D eigenvalue weighted by molar-refractivity contribution is 5.96. The van der Waals surface area contributed by atoms with Crippen molar-refractivity contribution in [2.45, 2.75) is 52.0 Å². The number of nitrogens with two attached hydrogens (primary N) is 1. The molecule has 2 atom stereocenters. The van der Waals surface area contributed by atoms with Crippen LogP contribution in [0, 0.1) is 5.92 Å². The summed E-state index contributed by atoms with van der Waals surface area (Å²) in [5.74, 6) is 0.756. The zero-order valence-corrected chi connectivity index (χ0v) is 13.1. The molecule has 0 spiro atoms. The molecular formula is C17H27N3O. The van der Waals surface area contributed by atoms with Crippen LogP contribution < -0.4 is 16.4 Å². The van der Waals surface area contributed by atoms with Crippen molar-refractivity contribution in [3.05, 3.63) is 23.8 Å². The number of anilines is 2. The predicted molar refractivity (Wildman–Crippen MR) is 88.5 cm³/mol. The number of nitrogens with one attached hydrogen (secondary N) is 2. The quantitative estimate of drug-likeness (QED) is 0.728. The standard InChI is InChI=1S/C17H27N3O/c1-3-12-6-5-7-14(10-12)20-16-9-8-13(11-15(16)18)17(21)19-4-2/h8-9,11-12,14,20H,3-7,10,18H2,1-2H3,(H,19,21). The number of benzene rings is 1. The molecule has 0 bridgehead atoms. The fourth-order valence-corrected chi connectivity index (χ4v) is 3.11. The third-order valence-corrected chi connectivity index (χ3v) is 4.37. The maximum atomic E-state index is 11.8. The van der Waals surface area contributed by atoms with E-state index < -0.39 is 0 Å². The van der Waals surface area contributed by atoms with E-state index in [1.807, 2.05) is 19.1 Å². The molecule has 0 radical (unpaired) electrons. The Balaban J connectivity index is 2.02. The minimum Gasteiger partial charge on any atom is -0.397 e. The molecule has 1 aliphatic rings. The molecule has 4 heteroatoms. The van der Waals surface area contributed by atoms with Crippen molar-refractivity contribution in [3.63, 3.8) is 0 Å². The van der Waals surface area contributed by atoms with Crippen LogP contribution in [0.1, 0.15) is 56.3 Å². The van der Waals surface area contributed by atoms with Crippen LogP contribution in [0.3, 0.4) is 0 Å². The molecule has 1 aromatic rings. The lowest BCUT2D eigenvalue weighted by Crippen LogP contribution is -2.27. The lowest BCUT2D eigenvalue weighted by molar-refractivity contribution is 0.0956. The number of hydrogen-bond donors (Lipinski definition) is 3. The van der Waals surface area contributed by atoms with E-state index in [0.717, 1.165) is 11.6 Å². The van der Waals surface area contributed by atoms with E-state index in [2.05, 4.69) is 17.6 Å². The summed E-state index contributed by atoms with van der Waals surface area (Å²) in [4.78, 5) is 11.8. The summed E-state index contributed by atoms with van der Waals surface area (Å²) >= 11 is 0. The monoisotopic (exact) mass is 289 g/mol. The lowest BCUT2D eigenvalue weighted by atomic mass is 9.84. The Morgan fingerprint density at radius 2 is 2.14 bits per heavy atom. The summed E-state index contributed by atoms with van der Waals surface area (Å²) in [5.41, 5.74) is 8.32. The summed E-state index contributed by atoms with van der Waals surface area (Å²) in [6.07, 6.45) is 6.30. The van der Waals surface area contributed by atoms with Gasteiger partial charge in [0, 0.05) is 18.2 Å². The van der Waals surface area contributed by atoms with E-state index >= 15 is 0 Å². The second-order valence-corrected chi connectivity index (χ2v) is 5.94. The largest absolute Gasteiger partial charge is 0.397 e. The maximum absolute atomic E-state index is 11.8. The number of carbonyl (C=O) groups excluding carboxylic acids is 1. The van der Waals surface area contributed by atoms with Gasteiger partial charge in [-0.25, -0.2) is 0 Å². The van der Waals surface area contributed by atoms with Crippen molar-refractivity contribution in [2.75, 3.05) is 17.6 Å². The zero-order valence-electron chi connectivity index (χ0n) is 13.1. The molecule has 1 fully saturated rings. The molecule has 1 aliphatic carbocycles. The summed E-state index contributed by atoms with van der Waals surface area (Å²) < 4.78 is 0. The highest BCUT2D eigenvalue weighted by Gasteiger charge is 2.21. The van der Waals surface area contributed by atoms with Crippen LogP contribution >= 0.6 is 0 Å². The van der Waals surface area contributed by atoms with E-state index in [4.69, 9.17) is 5.73 Å². The molecule has 2 unspecified atom stereocenters. The van der Waals surface area contributed by atoms with Gasteiger partial charge in [0.1, 0.15) is 0 Å². The topological polar surface area (TPSA) is 67.2 Å². The fourth-order valence-electron chi connectivity index (χ4n) is 3.11. The molecule has 0 saturated heterocycles. The van der Waals surface area contributed by atoms with Crippen molar-refractivity contribution >= 4 is 17.3 Å². The summed E-state index contributed by atoms with van der Waals surface area (Å²) in [6, 6.07) is 6.02. The number of amides is 1. The first kappa shape index (κ1) is 15.7. The third-order valence-electron chi connectivity index (χ3n) is 4.37. The van der Waals surface area contributed by atoms with Crippen LogP contribution in [-0.2, 0) is 0 Å². The Hall–Kier alpha value is -1.71. The highest BCUT2D eigenvalue weighted by Crippen LogP contribution is 2.30. The van der Waals surface area contributed by atoms with Gasteiger partial charge in [0.2, 0.25) is 0 Å². The van der Waals surface area contributed by atoms with Crippen molar-refractivity contribution < 1.29 is 4.79 Å². The maximum Gasteiger partial charge on any atom is 0.251 e. The summed E-state index contributed by atoms with van der Waals surface area (Å²) in [5, 5.41) is 6.34. The van der Waals surface area contributed by atoms with Gasteiger partial charge in [-0.05, 0) is 43.9 Å². The van der Waals surface area contributed by atoms with Crippen molar-refractivity contribution in [3.8, 4) is 0 Å². The SMILES string of the molecule is CCNC(=O)c1ccc(NC2CCCC(CC)C2)c(N)c1. The average Bonchev–Trinajstić information content (AvgIpc) is 2.49. The second kappa shape index (κ2) is 7.34. The Morgan fingerprint density at radius 1 is 1.33 bits per heavy atom. The molecule has 21 heavy (non-hydrogen) atoms. The first-order chi connectivity index (χ1) is 10.1. The normalized spacial score (nSPS) is 21.8. The van der Waals surface area contributed by atoms with Crippen LogP contribution in [0.15, 0.2) is 18.2 Å². The summed E-state index contributed by atoms with van der Waals surface area (Å²) in [7, 11) is 0. The van der Waals surface area contributed by atoms with Crippen LogP contribution in [-0.4, -0.2) is 18.5 Å². The molecule has 0 heterocycles. The smallest absolute Gasteiger partial charge is 0.251 e. The minimum absolute atomic E-state index is 0.0699. The van der Waals surface area contributed by atoms with Crippen LogP contribution in [0.25, 0.3) is 0 Å². The van der Waals surface area contributed by atoms with Crippen molar-refractivity contribution in [1.29, 1.82) is 0 Å². The minimum atomic E-state index is -0.0699. The van der Waals surface area contributed by atoms with E-state index in [9.17, 15) is 4.79 Å². The Labute approximate surface area is 127 Å². The molecular weight excluding hydrogens is 262 g/mol. The number of rotatable bonds is 5. The first-order valence-electron chi connectivity index (χ1n) is 8.08. The number of hydrogen-bond acceptors (Lipinski definition) is 3. The van der Waals surface area contributed by atoms with E-state index in [-0.39, 0.29) is 5.91 Å². The molecule has 0 aliphatic heterocycles. The van der Waals surface area contributed by atoms with Crippen LogP contribution in [0.2, 0.25) is 0 Å². The predicted octanol–water partition coefficient (Wildman–Crippen LogP) is 3.40. The van der Waals surface area contributed by atoms with Gasteiger partial charge in [0.25, 0.3) is 5.91 Å². The van der Waals surface area contributed by atoms with E-state index in [1.54, 1.807) is 6.07 Å². The summed E-state index contributed by atoms with van der Waals surface area (Å²) in [6.45, 7) is 4.80. The van der Waals surface area contributed by atoms with Gasteiger partial charge < -0.3 is 16.4 Å². The molecule has 1 amide bonds. The van der Waals surface area contributed by atoms with Crippen LogP contribution in [0.5, 0.6) is 0 Å². The van der Waals surface area contributed by atoms with Gasteiger partial charge >= 0.3 is 0 Å². The Morgan fingerprint density at radius 3 is 2.81 bits per heavy atom. The zero-order chi connectivity index (χ0) is 15.2. The lowest BCUT2D eigenvalue weighted by Gasteiger charge is -2.30. The molecule has 116 valence electrons. The molecule has 2 rings (SSSR count). The van der Waals surface area contributed by atoms with Gasteiger partial charge in [-0.3, -0.25) is 4.79 Å². The van der Waals surface area contributed by atoms with E-state index in [0.29, 0.717) is 23.8 Å². The third kappa shape index (κ3) is 4.13. The number of carbonyl (C=O) groups is 1. The molecule has 1 saturated carbocycles. The first-order valence-corrected chi connectivity index (χ1v) is 8.08. The van der Waals surface area contributed by atoms with Crippen molar-refractivity contribution in [1.82, 2.24) is 5.32 Å². The highest BCUT2D eigenvalue weighted by atomic mass is 16.1. The molecule has 4 N–H and O–H groups in total. The Kier molecular flexibility index (Phi) is 5.48. The Bertz CT molecular complexity index is 487. The van der Waals surface area contributed by atoms with Gasteiger partial charge in [-0.15, -0.1) is 0 Å². The fraction of sp³-hybridized carbons (Fsp3) is 0.588. The second-order valence-electron chi connectivity index (χ2n) is 5.94. The van der Waals surface area contributed by atoms with Gasteiger partial charge in [-0.2, -0.15) is 0 Å². The van der Waals surface area contributed by atoms with Gasteiger partial charge in [-0.1, -0.05) is 26.2 Å². The van der Waals surface area contributed by atoms with Gasteiger partial charge in [0.15, 0.2) is 0 Å². The number of nitrogen functional groups attached to an aromatic ring is 1.